The molecule has 0 aliphatic rings. The predicted molar refractivity (Wildman–Crippen MR) is 128 cm³/mol. The van der Waals surface area contributed by atoms with Gasteiger partial charge in [0.2, 0.25) is 15.9 Å². The van der Waals surface area contributed by atoms with Crippen LogP contribution in [0.25, 0.3) is 0 Å². The van der Waals surface area contributed by atoms with Gasteiger partial charge >= 0.3 is 0 Å². The summed E-state index contributed by atoms with van der Waals surface area (Å²) in [5, 5.41) is 3.52. The van der Waals surface area contributed by atoms with Gasteiger partial charge in [-0.1, -0.05) is 25.6 Å². The second-order valence-electron chi connectivity index (χ2n) is 7.09. The number of carbonyl (C=O) groups excluding carboxylic acids is 1. The van der Waals surface area contributed by atoms with Crippen LogP contribution in [0.15, 0.2) is 28.3 Å². The van der Waals surface area contributed by atoms with Crippen molar-refractivity contribution < 1.29 is 17.9 Å². The minimum absolute atomic E-state index is 0.0496. The van der Waals surface area contributed by atoms with E-state index >= 15 is 0 Å². The fourth-order valence-corrected chi connectivity index (χ4v) is 5.46. The smallest absolute Gasteiger partial charge is 0.246 e. The van der Waals surface area contributed by atoms with Crippen molar-refractivity contribution in [2.24, 2.45) is 0 Å². The number of aryl methyl sites for hydroxylation is 2. The van der Waals surface area contributed by atoms with Crippen LogP contribution in [-0.4, -0.2) is 54.6 Å². The monoisotopic (exact) mass is 480 g/mol. The number of ether oxygens (including phenoxy) is 1. The number of nitrogens with zero attached hydrogens (tertiary/aromatic N) is 3. The van der Waals surface area contributed by atoms with Gasteiger partial charge in [-0.3, -0.25) is 4.79 Å². The number of hydrogen-bond acceptors (Lipinski definition) is 7. The van der Waals surface area contributed by atoms with Crippen molar-refractivity contribution in [3.8, 4) is 5.75 Å². The molecule has 0 bridgehead atoms. The zero-order valence-electron chi connectivity index (χ0n) is 19.6. The second-order valence-corrected chi connectivity index (χ2v) is 9.77. The molecular formula is C22H32N4O4S2. The lowest BCUT2D eigenvalue weighted by molar-refractivity contribution is -0.116. The lowest BCUT2D eigenvalue weighted by atomic mass is 10.1. The summed E-state index contributed by atoms with van der Waals surface area (Å²) in [6.45, 7) is 10.2. The van der Waals surface area contributed by atoms with Crippen molar-refractivity contribution in [1.29, 1.82) is 0 Å². The normalized spacial score (nSPS) is 11.6. The molecule has 32 heavy (non-hydrogen) atoms. The van der Waals surface area contributed by atoms with Crippen LogP contribution in [0.5, 0.6) is 5.75 Å². The van der Waals surface area contributed by atoms with E-state index in [0.29, 0.717) is 37.0 Å². The van der Waals surface area contributed by atoms with Gasteiger partial charge in [-0.15, -0.1) is 0 Å². The second kappa shape index (κ2) is 11.6. The van der Waals surface area contributed by atoms with Gasteiger partial charge in [0, 0.05) is 36.6 Å². The molecular weight excluding hydrogens is 448 g/mol. The molecule has 1 amide bonds. The summed E-state index contributed by atoms with van der Waals surface area (Å²) in [6, 6.07) is 4.69. The van der Waals surface area contributed by atoms with Crippen LogP contribution in [0, 0.1) is 13.8 Å². The minimum atomic E-state index is -3.75. The highest BCUT2D eigenvalue weighted by atomic mass is 32.2. The third-order valence-corrected chi connectivity index (χ3v) is 7.65. The number of nitrogens with one attached hydrogen (secondary N) is 1. The summed E-state index contributed by atoms with van der Waals surface area (Å²) in [6.07, 6.45) is 2.65. The number of benzene rings is 1. The van der Waals surface area contributed by atoms with E-state index < -0.39 is 10.0 Å². The van der Waals surface area contributed by atoms with Crippen LogP contribution in [0.3, 0.4) is 0 Å². The fourth-order valence-electron chi connectivity index (χ4n) is 3.39. The van der Waals surface area contributed by atoms with Gasteiger partial charge in [0.15, 0.2) is 5.16 Å². The topological polar surface area (TPSA) is 101 Å². The molecule has 0 atom stereocenters. The molecule has 0 fully saturated rings. The Kier molecular flexibility index (Phi) is 9.47. The van der Waals surface area contributed by atoms with Gasteiger partial charge in [0.05, 0.1) is 6.61 Å². The molecule has 0 aliphatic carbocycles. The van der Waals surface area contributed by atoms with Gasteiger partial charge < -0.3 is 10.1 Å². The Hall–Kier alpha value is -2.17. The van der Waals surface area contributed by atoms with Gasteiger partial charge in [-0.05, 0) is 57.2 Å². The van der Waals surface area contributed by atoms with Crippen molar-refractivity contribution in [2.45, 2.75) is 57.5 Å². The van der Waals surface area contributed by atoms with E-state index in [0.717, 1.165) is 17.0 Å². The average Bonchev–Trinajstić information content (AvgIpc) is 2.74. The molecule has 176 valence electrons. The van der Waals surface area contributed by atoms with Crippen molar-refractivity contribution in [3.05, 3.63) is 35.2 Å². The Morgan fingerprint density at radius 3 is 2.28 bits per heavy atom. The molecule has 0 aliphatic heterocycles. The molecule has 1 aromatic heterocycles. The first-order valence-electron chi connectivity index (χ1n) is 10.6. The number of sulfonamides is 1. The van der Waals surface area contributed by atoms with E-state index in [2.05, 4.69) is 15.3 Å². The molecule has 1 N–H and O–H groups in total. The van der Waals surface area contributed by atoms with Gasteiger partial charge in [0.25, 0.3) is 0 Å². The summed E-state index contributed by atoms with van der Waals surface area (Å²) in [5.74, 6) is 0.0581. The first kappa shape index (κ1) is 26.1. The highest BCUT2D eigenvalue weighted by Crippen LogP contribution is 2.30. The van der Waals surface area contributed by atoms with E-state index in [9.17, 15) is 13.2 Å². The van der Waals surface area contributed by atoms with Crippen LogP contribution in [-0.2, 0) is 21.2 Å². The maximum atomic E-state index is 13.1. The molecule has 1 heterocycles. The summed E-state index contributed by atoms with van der Waals surface area (Å²) in [4.78, 5) is 21.5. The molecule has 0 saturated carbocycles. The summed E-state index contributed by atoms with van der Waals surface area (Å²) < 4.78 is 33.1. The number of amides is 1. The number of anilines is 1. The first-order chi connectivity index (χ1) is 15.2. The summed E-state index contributed by atoms with van der Waals surface area (Å²) >= 11 is 1.48. The van der Waals surface area contributed by atoms with Crippen LogP contribution in [0.1, 0.15) is 44.1 Å². The minimum Gasteiger partial charge on any atom is -0.492 e. The Morgan fingerprint density at radius 1 is 1.12 bits per heavy atom. The van der Waals surface area contributed by atoms with Crippen LogP contribution in [0.4, 0.5) is 5.69 Å². The average molecular weight is 481 g/mol. The van der Waals surface area contributed by atoms with E-state index in [1.54, 1.807) is 32.9 Å². The van der Waals surface area contributed by atoms with E-state index in [1.165, 1.54) is 22.1 Å². The summed E-state index contributed by atoms with van der Waals surface area (Å²) in [7, 11) is -3.75. The van der Waals surface area contributed by atoms with E-state index in [1.807, 2.05) is 20.1 Å². The number of aromatic nitrogens is 2. The molecule has 0 radical (unpaired) electrons. The predicted octanol–water partition coefficient (Wildman–Crippen LogP) is 3.82. The zero-order valence-corrected chi connectivity index (χ0v) is 21.2. The third kappa shape index (κ3) is 6.20. The first-order valence-corrected chi connectivity index (χ1v) is 13.3. The molecule has 0 spiro atoms. The SMILES string of the molecule is CCOc1ccc(NC(=O)CCc2c(C)nc(SC)nc2C)cc1S(=O)(=O)N(CC)CC. The van der Waals surface area contributed by atoms with Crippen molar-refractivity contribution in [2.75, 3.05) is 31.3 Å². The zero-order chi connectivity index (χ0) is 23.9. The van der Waals surface area contributed by atoms with Gasteiger partial charge in [-0.25, -0.2) is 18.4 Å². The Balaban J connectivity index is 2.22. The Bertz CT molecular complexity index is 1030. The quantitative estimate of drug-likeness (QED) is 0.385. The van der Waals surface area contributed by atoms with Crippen molar-refractivity contribution in [1.82, 2.24) is 14.3 Å². The van der Waals surface area contributed by atoms with Crippen LogP contribution >= 0.6 is 11.8 Å². The fraction of sp³-hybridized carbons (Fsp3) is 0.500. The standard InChI is InChI=1S/C22H32N4O4S2/c1-7-26(8-2)32(28,29)20-14-17(10-12-19(20)30-9-3)25-21(27)13-11-18-15(4)23-22(31-6)24-16(18)5/h10,12,14H,7-9,11,13H2,1-6H3,(H,25,27). The van der Waals surface area contributed by atoms with Crippen molar-refractivity contribution in [3.63, 3.8) is 0 Å². The van der Waals surface area contributed by atoms with Crippen molar-refractivity contribution >= 4 is 33.4 Å². The van der Waals surface area contributed by atoms with Gasteiger partial charge in [-0.2, -0.15) is 4.31 Å². The Morgan fingerprint density at radius 2 is 1.75 bits per heavy atom. The van der Waals surface area contributed by atoms with E-state index in [4.69, 9.17) is 4.74 Å². The molecule has 10 heteroatoms. The molecule has 8 nitrogen and oxygen atoms in total. The maximum absolute atomic E-state index is 13.1. The maximum Gasteiger partial charge on any atom is 0.246 e. The number of hydrogen-bond donors (Lipinski definition) is 1. The highest BCUT2D eigenvalue weighted by Gasteiger charge is 2.26. The van der Waals surface area contributed by atoms with Gasteiger partial charge in [0.1, 0.15) is 10.6 Å². The third-order valence-electron chi connectivity index (χ3n) is 5.04. The van der Waals surface area contributed by atoms with Crippen LogP contribution in [0.2, 0.25) is 0 Å². The molecule has 0 saturated heterocycles. The molecule has 0 unspecified atom stereocenters. The lowest BCUT2D eigenvalue weighted by Gasteiger charge is -2.21. The Labute approximate surface area is 195 Å². The number of carbonyl (C=O) groups is 1. The lowest BCUT2D eigenvalue weighted by Crippen LogP contribution is -2.31. The molecule has 2 rings (SSSR count). The largest absolute Gasteiger partial charge is 0.492 e. The molecule has 1 aromatic carbocycles. The van der Waals surface area contributed by atoms with Crippen LogP contribution < -0.4 is 10.1 Å². The summed E-state index contributed by atoms with van der Waals surface area (Å²) in [5.41, 5.74) is 3.09. The number of rotatable bonds is 11. The number of thioether (sulfide) groups is 1. The van der Waals surface area contributed by atoms with E-state index in [-0.39, 0.29) is 23.0 Å². The molecule has 2 aromatic rings. The highest BCUT2D eigenvalue weighted by molar-refractivity contribution is 7.98.